The molecule has 0 radical (unpaired) electrons. The summed E-state index contributed by atoms with van der Waals surface area (Å²) in [6.45, 7) is 2.55. The van der Waals surface area contributed by atoms with Crippen molar-refractivity contribution in [1.29, 1.82) is 0 Å². The standard InChI is InChI=1S/C11H18N2O2/c1-2-9(12)6-13-10-3-4-11(15)8(5-10)7-14/h3-5,9,13-15H,2,6-7,12H2,1H3. The van der Waals surface area contributed by atoms with E-state index < -0.39 is 0 Å². The van der Waals surface area contributed by atoms with Crippen LogP contribution in [0.1, 0.15) is 18.9 Å². The quantitative estimate of drug-likeness (QED) is 0.547. The number of aromatic hydroxyl groups is 1. The van der Waals surface area contributed by atoms with E-state index in [2.05, 4.69) is 5.32 Å². The van der Waals surface area contributed by atoms with Crippen molar-refractivity contribution in [3.05, 3.63) is 23.8 Å². The number of benzene rings is 1. The number of rotatable bonds is 5. The molecule has 0 spiro atoms. The van der Waals surface area contributed by atoms with Crippen molar-refractivity contribution in [1.82, 2.24) is 0 Å². The van der Waals surface area contributed by atoms with Crippen molar-refractivity contribution in [2.45, 2.75) is 26.0 Å². The largest absolute Gasteiger partial charge is 0.508 e. The van der Waals surface area contributed by atoms with Gasteiger partial charge in [0.25, 0.3) is 0 Å². The van der Waals surface area contributed by atoms with Gasteiger partial charge >= 0.3 is 0 Å². The molecule has 4 nitrogen and oxygen atoms in total. The summed E-state index contributed by atoms with van der Waals surface area (Å²) in [6.07, 6.45) is 0.915. The number of anilines is 1. The molecular formula is C11H18N2O2. The summed E-state index contributed by atoms with van der Waals surface area (Å²) < 4.78 is 0. The van der Waals surface area contributed by atoms with Crippen molar-refractivity contribution in [3.63, 3.8) is 0 Å². The molecule has 0 bridgehead atoms. The lowest BCUT2D eigenvalue weighted by Gasteiger charge is -2.12. The fraction of sp³-hybridized carbons (Fsp3) is 0.455. The molecule has 0 aromatic heterocycles. The maximum atomic E-state index is 9.35. The molecule has 1 unspecified atom stereocenters. The lowest BCUT2D eigenvalue weighted by atomic mass is 10.1. The molecule has 1 rings (SSSR count). The van der Waals surface area contributed by atoms with Crippen LogP contribution in [0.25, 0.3) is 0 Å². The maximum absolute atomic E-state index is 9.35. The van der Waals surface area contributed by atoms with Gasteiger partial charge in [-0.15, -0.1) is 0 Å². The van der Waals surface area contributed by atoms with E-state index in [0.29, 0.717) is 12.1 Å². The predicted octanol–water partition coefficient (Wildman–Crippen LogP) is 1.03. The van der Waals surface area contributed by atoms with Crippen LogP contribution in [-0.4, -0.2) is 22.8 Å². The Morgan fingerprint density at radius 3 is 2.80 bits per heavy atom. The molecule has 0 aliphatic rings. The smallest absolute Gasteiger partial charge is 0.121 e. The van der Waals surface area contributed by atoms with Crippen molar-refractivity contribution < 1.29 is 10.2 Å². The molecule has 5 N–H and O–H groups in total. The molecule has 1 atom stereocenters. The monoisotopic (exact) mass is 210 g/mol. The molecule has 1 aromatic carbocycles. The topological polar surface area (TPSA) is 78.5 Å². The van der Waals surface area contributed by atoms with Crippen molar-refractivity contribution in [2.24, 2.45) is 5.73 Å². The Morgan fingerprint density at radius 2 is 2.20 bits per heavy atom. The van der Waals surface area contributed by atoms with Crippen molar-refractivity contribution in [2.75, 3.05) is 11.9 Å². The number of phenols is 1. The highest BCUT2D eigenvalue weighted by Crippen LogP contribution is 2.21. The van der Waals surface area contributed by atoms with Crippen LogP contribution >= 0.6 is 0 Å². The molecule has 0 saturated heterocycles. The van der Waals surface area contributed by atoms with E-state index in [4.69, 9.17) is 10.8 Å². The normalized spacial score (nSPS) is 12.5. The summed E-state index contributed by atoms with van der Waals surface area (Å²) in [5, 5.41) is 21.5. The third kappa shape index (κ3) is 3.42. The van der Waals surface area contributed by atoms with Gasteiger partial charge in [0.2, 0.25) is 0 Å². The minimum absolute atomic E-state index is 0.114. The first-order valence-electron chi connectivity index (χ1n) is 5.09. The minimum atomic E-state index is -0.165. The molecular weight excluding hydrogens is 192 g/mol. The molecule has 15 heavy (non-hydrogen) atoms. The fourth-order valence-electron chi connectivity index (χ4n) is 1.22. The van der Waals surface area contributed by atoms with Gasteiger partial charge in [0.15, 0.2) is 0 Å². The summed E-state index contributed by atoms with van der Waals surface area (Å²) in [5.74, 6) is 0.114. The zero-order chi connectivity index (χ0) is 11.3. The van der Waals surface area contributed by atoms with Crippen LogP contribution < -0.4 is 11.1 Å². The number of nitrogens with one attached hydrogen (secondary N) is 1. The highest BCUT2D eigenvalue weighted by atomic mass is 16.3. The van der Waals surface area contributed by atoms with Gasteiger partial charge in [-0.05, 0) is 24.6 Å². The highest BCUT2D eigenvalue weighted by molar-refractivity contribution is 5.50. The van der Waals surface area contributed by atoms with Gasteiger partial charge in [-0.1, -0.05) is 6.92 Å². The zero-order valence-corrected chi connectivity index (χ0v) is 8.90. The van der Waals surface area contributed by atoms with Gasteiger partial charge in [0, 0.05) is 23.8 Å². The Labute approximate surface area is 89.7 Å². The summed E-state index contributed by atoms with van der Waals surface area (Å²) in [7, 11) is 0. The number of aliphatic hydroxyl groups is 1. The van der Waals surface area contributed by atoms with E-state index in [1.807, 2.05) is 6.92 Å². The summed E-state index contributed by atoms with van der Waals surface area (Å²) in [5.41, 5.74) is 7.14. The summed E-state index contributed by atoms with van der Waals surface area (Å²) in [6, 6.07) is 5.16. The number of hydrogen-bond donors (Lipinski definition) is 4. The van der Waals surface area contributed by atoms with Crippen molar-refractivity contribution in [3.8, 4) is 5.75 Å². The third-order valence-electron chi connectivity index (χ3n) is 2.34. The maximum Gasteiger partial charge on any atom is 0.121 e. The predicted molar refractivity (Wildman–Crippen MR) is 60.8 cm³/mol. The molecule has 1 aromatic rings. The Morgan fingerprint density at radius 1 is 1.47 bits per heavy atom. The Balaban J connectivity index is 2.62. The molecule has 0 aliphatic heterocycles. The van der Waals surface area contributed by atoms with Gasteiger partial charge in [0.05, 0.1) is 6.61 Å². The van der Waals surface area contributed by atoms with Crippen LogP contribution in [0.5, 0.6) is 5.75 Å². The van der Waals surface area contributed by atoms with Gasteiger partial charge in [-0.25, -0.2) is 0 Å². The Bertz CT molecular complexity index is 315. The van der Waals surface area contributed by atoms with Crippen LogP contribution in [-0.2, 0) is 6.61 Å². The first-order valence-corrected chi connectivity index (χ1v) is 5.09. The number of hydrogen-bond acceptors (Lipinski definition) is 4. The number of aliphatic hydroxyl groups excluding tert-OH is 1. The first-order chi connectivity index (χ1) is 7.17. The Kier molecular flexibility index (Phi) is 4.39. The fourth-order valence-corrected chi connectivity index (χ4v) is 1.22. The second kappa shape index (κ2) is 5.58. The van der Waals surface area contributed by atoms with E-state index in [-0.39, 0.29) is 18.4 Å². The van der Waals surface area contributed by atoms with Crippen LogP contribution in [0, 0.1) is 0 Å². The average molecular weight is 210 g/mol. The third-order valence-corrected chi connectivity index (χ3v) is 2.34. The molecule has 0 heterocycles. The lowest BCUT2D eigenvalue weighted by molar-refractivity contribution is 0.275. The van der Waals surface area contributed by atoms with E-state index in [1.165, 1.54) is 0 Å². The highest BCUT2D eigenvalue weighted by Gasteiger charge is 2.02. The second-order valence-corrected chi connectivity index (χ2v) is 3.55. The van der Waals surface area contributed by atoms with E-state index in [0.717, 1.165) is 12.1 Å². The summed E-state index contributed by atoms with van der Waals surface area (Å²) >= 11 is 0. The zero-order valence-electron chi connectivity index (χ0n) is 8.90. The molecule has 0 aliphatic carbocycles. The van der Waals surface area contributed by atoms with Gasteiger partial charge in [0.1, 0.15) is 5.75 Å². The van der Waals surface area contributed by atoms with Crippen LogP contribution in [0.2, 0.25) is 0 Å². The summed E-state index contributed by atoms with van der Waals surface area (Å²) in [4.78, 5) is 0. The lowest BCUT2D eigenvalue weighted by Crippen LogP contribution is -2.27. The molecule has 84 valence electrons. The molecule has 0 amide bonds. The average Bonchev–Trinajstić information content (AvgIpc) is 2.27. The van der Waals surface area contributed by atoms with Crippen LogP contribution in [0.4, 0.5) is 5.69 Å². The molecule has 0 fully saturated rings. The van der Waals surface area contributed by atoms with E-state index in [1.54, 1.807) is 18.2 Å². The Hall–Kier alpha value is -1.26. The van der Waals surface area contributed by atoms with Gasteiger partial charge < -0.3 is 21.3 Å². The van der Waals surface area contributed by atoms with Crippen LogP contribution in [0.15, 0.2) is 18.2 Å². The first kappa shape index (κ1) is 11.8. The van der Waals surface area contributed by atoms with Gasteiger partial charge in [-0.2, -0.15) is 0 Å². The second-order valence-electron chi connectivity index (χ2n) is 3.55. The SMILES string of the molecule is CCC(N)CNc1ccc(O)c(CO)c1. The van der Waals surface area contributed by atoms with E-state index in [9.17, 15) is 5.11 Å². The number of nitrogens with two attached hydrogens (primary N) is 1. The van der Waals surface area contributed by atoms with Gasteiger partial charge in [-0.3, -0.25) is 0 Å². The van der Waals surface area contributed by atoms with E-state index >= 15 is 0 Å². The molecule has 0 saturated carbocycles. The van der Waals surface area contributed by atoms with Crippen LogP contribution in [0.3, 0.4) is 0 Å². The minimum Gasteiger partial charge on any atom is -0.508 e. The molecule has 4 heteroatoms. The van der Waals surface area contributed by atoms with Crippen molar-refractivity contribution >= 4 is 5.69 Å².